The van der Waals surface area contributed by atoms with Crippen LogP contribution in [0.5, 0.6) is 0 Å². The molecule has 0 unspecified atom stereocenters. The van der Waals surface area contributed by atoms with Crippen molar-refractivity contribution in [3.05, 3.63) is 63.6 Å². The fourth-order valence-electron chi connectivity index (χ4n) is 1.39. The number of nitrogens with zero attached hydrogens (tertiary/aromatic N) is 1. The van der Waals surface area contributed by atoms with E-state index in [4.69, 9.17) is 23.2 Å². The largest absolute Gasteiger partial charge is 0.469 e. The van der Waals surface area contributed by atoms with Gasteiger partial charge in [-0.05, 0) is 42.3 Å². The molecule has 1 aromatic heterocycles. The zero-order chi connectivity index (χ0) is 17.8. The third kappa shape index (κ3) is 9.16. The topological polar surface area (TPSA) is 39.2 Å². The second kappa shape index (κ2) is 11.9. The number of carbonyl (C=O) groups excluding carboxylic acids is 1. The van der Waals surface area contributed by atoms with Gasteiger partial charge in [-0.2, -0.15) is 0 Å². The van der Waals surface area contributed by atoms with E-state index in [0.717, 1.165) is 11.1 Å². The van der Waals surface area contributed by atoms with Crippen LogP contribution in [0, 0.1) is 12.7 Å². The molecule has 126 valence electrons. The highest BCUT2D eigenvalue weighted by atomic mass is 35.5. The van der Waals surface area contributed by atoms with E-state index in [1.807, 2.05) is 20.8 Å². The lowest BCUT2D eigenvalue weighted by atomic mass is 10.2. The standard InChI is InChI=1S/C8H8ClNO2.C7H6ClF.C2H6/c1-12-8(11)5-6-2-3-10-7(9)4-6;1-5-2-3-7(9)6(8)4-5;1-2/h2-4H,5H2,1H3;2-4H,1H3;1-2H3. The Hall–Kier alpha value is -1.65. The van der Waals surface area contributed by atoms with Gasteiger partial charge in [-0.1, -0.05) is 43.1 Å². The highest BCUT2D eigenvalue weighted by Crippen LogP contribution is 2.14. The number of hydrogen-bond acceptors (Lipinski definition) is 3. The highest BCUT2D eigenvalue weighted by molar-refractivity contribution is 6.30. The van der Waals surface area contributed by atoms with Crippen molar-refractivity contribution in [3.63, 3.8) is 0 Å². The SMILES string of the molecule is CC.COC(=O)Cc1ccnc(Cl)c1.Cc1ccc(F)c(Cl)c1. The average Bonchev–Trinajstić information content (AvgIpc) is 2.54. The van der Waals surface area contributed by atoms with Crippen molar-refractivity contribution in [2.45, 2.75) is 27.2 Å². The number of carbonyl (C=O) groups is 1. The molecular formula is C17H20Cl2FNO2. The van der Waals surface area contributed by atoms with Gasteiger partial charge in [0.15, 0.2) is 0 Å². The molecule has 0 spiro atoms. The lowest BCUT2D eigenvalue weighted by Gasteiger charge is -1.98. The molecule has 0 amide bonds. The summed E-state index contributed by atoms with van der Waals surface area (Å²) in [7, 11) is 1.35. The predicted molar refractivity (Wildman–Crippen MR) is 92.5 cm³/mol. The number of hydrogen-bond donors (Lipinski definition) is 0. The molecule has 0 radical (unpaired) electrons. The summed E-state index contributed by atoms with van der Waals surface area (Å²) >= 11 is 11.0. The Morgan fingerprint density at radius 1 is 1.22 bits per heavy atom. The second-order valence-electron chi connectivity index (χ2n) is 4.16. The van der Waals surface area contributed by atoms with Gasteiger partial charge in [-0.3, -0.25) is 4.79 Å². The Kier molecular flexibility index (Phi) is 11.0. The first kappa shape index (κ1) is 21.4. The van der Waals surface area contributed by atoms with E-state index in [-0.39, 0.29) is 23.2 Å². The number of esters is 1. The number of halogens is 3. The maximum absolute atomic E-state index is 12.4. The molecule has 0 saturated carbocycles. The summed E-state index contributed by atoms with van der Waals surface area (Å²) in [5, 5.41) is 0.575. The maximum Gasteiger partial charge on any atom is 0.309 e. The number of benzene rings is 1. The molecule has 3 nitrogen and oxygen atoms in total. The van der Waals surface area contributed by atoms with Crippen LogP contribution in [-0.2, 0) is 16.0 Å². The van der Waals surface area contributed by atoms with E-state index in [1.165, 1.54) is 13.2 Å². The van der Waals surface area contributed by atoms with Gasteiger partial charge in [0, 0.05) is 6.20 Å². The van der Waals surface area contributed by atoms with Crippen LogP contribution in [0.3, 0.4) is 0 Å². The van der Waals surface area contributed by atoms with Crippen LogP contribution in [-0.4, -0.2) is 18.1 Å². The van der Waals surface area contributed by atoms with Crippen LogP contribution in [0.2, 0.25) is 10.2 Å². The number of rotatable bonds is 2. The molecule has 0 fully saturated rings. The van der Waals surface area contributed by atoms with Gasteiger partial charge in [0.05, 0.1) is 18.6 Å². The van der Waals surface area contributed by atoms with Gasteiger partial charge in [-0.15, -0.1) is 0 Å². The number of aromatic nitrogens is 1. The van der Waals surface area contributed by atoms with Gasteiger partial charge in [-0.25, -0.2) is 9.37 Å². The van der Waals surface area contributed by atoms with Crippen molar-refractivity contribution in [3.8, 4) is 0 Å². The lowest BCUT2D eigenvalue weighted by molar-refractivity contribution is -0.139. The monoisotopic (exact) mass is 359 g/mol. The third-order valence-corrected chi connectivity index (χ3v) is 2.94. The van der Waals surface area contributed by atoms with Crippen molar-refractivity contribution in [2.24, 2.45) is 0 Å². The number of ether oxygens (including phenoxy) is 1. The average molecular weight is 360 g/mol. The first-order valence-electron chi connectivity index (χ1n) is 7.01. The van der Waals surface area contributed by atoms with E-state index in [9.17, 15) is 9.18 Å². The Balaban J connectivity index is 0.000000392. The zero-order valence-electron chi connectivity index (χ0n) is 13.6. The fraction of sp³-hybridized carbons (Fsp3) is 0.294. The minimum absolute atomic E-state index is 0.190. The van der Waals surface area contributed by atoms with Gasteiger partial charge in [0.25, 0.3) is 0 Å². The molecule has 0 atom stereocenters. The first-order valence-corrected chi connectivity index (χ1v) is 7.77. The number of aryl methyl sites for hydroxylation is 1. The van der Waals surface area contributed by atoms with Crippen LogP contribution in [0.4, 0.5) is 4.39 Å². The fourth-order valence-corrected chi connectivity index (χ4v) is 1.82. The van der Waals surface area contributed by atoms with Gasteiger partial charge in [0.2, 0.25) is 0 Å². The summed E-state index contributed by atoms with van der Waals surface area (Å²) in [4.78, 5) is 14.6. The van der Waals surface area contributed by atoms with Crippen molar-refractivity contribution < 1.29 is 13.9 Å². The van der Waals surface area contributed by atoms with Crippen LogP contribution >= 0.6 is 23.2 Å². The van der Waals surface area contributed by atoms with Crippen LogP contribution < -0.4 is 0 Å². The Morgan fingerprint density at radius 2 is 1.87 bits per heavy atom. The molecular weight excluding hydrogens is 340 g/mol. The molecule has 0 saturated heterocycles. The van der Waals surface area contributed by atoms with Crippen molar-refractivity contribution in [1.82, 2.24) is 4.98 Å². The molecule has 1 heterocycles. The smallest absolute Gasteiger partial charge is 0.309 e. The van der Waals surface area contributed by atoms with Crippen molar-refractivity contribution >= 4 is 29.2 Å². The third-order valence-electron chi connectivity index (χ3n) is 2.44. The van der Waals surface area contributed by atoms with E-state index >= 15 is 0 Å². The molecule has 2 aromatic rings. The first-order chi connectivity index (χ1) is 10.9. The van der Waals surface area contributed by atoms with E-state index < -0.39 is 0 Å². The van der Waals surface area contributed by atoms with Gasteiger partial charge < -0.3 is 4.74 Å². The Morgan fingerprint density at radius 3 is 2.35 bits per heavy atom. The Bertz CT molecular complexity index is 621. The lowest BCUT2D eigenvalue weighted by Crippen LogP contribution is -2.04. The maximum atomic E-state index is 12.4. The summed E-state index contributed by atoms with van der Waals surface area (Å²) in [5.41, 5.74) is 1.78. The number of pyridine rings is 1. The quantitative estimate of drug-likeness (QED) is 0.541. The van der Waals surface area contributed by atoms with Crippen LogP contribution in [0.25, 0.3) is 0 Å². The molecule has 2 rings (SSSR count). The van der Waals surface area contributed by atoms with Crippen LogP contribution in [0.1, 0.15) is 25.0 Å². The zero-order valence-corrected chi connectivity index (χ0v) is 15.1. The molecule has 0 bridgehead atoms. The Labute approximate surface area is 146 Å². The molecule has 0 aliphatic heterocycles. The molecule has 23 heavy (non-hydrogen) atoms. The summed E-state index contributed by atoms with van der Waals surface area (Å²) in [6.07, 6.45) is 1.79. The van der Waals surface area contributed by atoms with E-state index in [2.05, 4.69) is 9.72 Å². The predicted octanol–water partition coefficient (Wildman–Crippen LogP) is 5.26. The number of methoxy groups -OCH3 is 1. The summed E-state index contributed by atoms with van der Waals surface area (Å²) in [5.74, 6) is -0.639. The minimum atomic E-state index is -0.359. The highest BCUT2D eigenvalue weighted by Gasteiger charge is 2.02. The molecule has 1 aromatic carbocycles. The van der Waals surface area contributed by atoms with Gasteiger partial charge in [0.1, 0.15) is 11.0 Å². The molecule has 6 heteroatoms. The normalized spacial score (nSPS) is 9.00. The molecule has 0 N–H and O–H groups in total. The molecule has 0 aliphatic rings. The summed E-state index contributed by atoms with van der Waals surface area (Å²) in [6.45, 7) is 5.87. The van der Waals surface area contributed by atoms with Crippen molar-refractivity contribution in [1.29, 1.82) is 0 Å². The second-order valence-corrected chi connectivity index (χ2v) is 4.95. The summed E-state index contributed by atoms with van der Waals surface area (Å²) < 4.78 is 16.9. The summed E-state index contributed by atoms with van der Waals surface area (Å²) in [6, 6.07) is 8.00. The minimum Gasteiger partial charge on any atom is -0.469 e. The van der Waals surface area contributed by atoms with Crippen LogP contribution in [0.15, 0.2) is 36.5 Å². The van der Waals surface area contributed by atoms with Gasteiger partial charge >= 0.3 is 5.97 Å². The van der Waals surface area contributed by atoms with E-state index in [0.29, 0.717) is 5.15 Å². The van der Waals surface area contributed by atoms with Crippen molar-refractivity contribution in [2.75, 3.05) is 7.11 Å². The van der Waals surface area contributed by atoms with E-state index in [1.54, 1.807) is 30.5 Å². The molecule has 0 aliphatic carbocycles.